The average Bonchev–Trinajstić information content (AvgIpc) is 3.08. The SMILES string of the molecule is CCCCCCCCSCCCCCCCC(=O)NC(CCC(=O)NCCOCCOCC(=O)NCCOCCOCC(=O)O)C(=O)OC(C)(C)C. The summed E-state index contributed by atoms with van der Waals surface area (Å²) in [6.45, 7) is 8.81. The Balaban J connectivity index is 4.04. The second-order valence-electron chi connectivity index (χ2n) is 13.5. The standard InChI is InChI=1S/C37H69N3O11S/c1-5-6-7-8-11-14-27-52-28-15-12-9-10-13-16-33(42)40-31(36(46)51-37(2,3)4)17-18-32(41)38-19-21-47-23-25-49-29-34(43)39-20-22-48-24-26-50-30-35(44)45/h31H,5-30H2,1-4H3,(H,38,41)(H,39,43)(H,40,42)(H,44,45). The van der Waals surface area contributed by atoms with Crippen LogP contribution in [-0.2, 0) is 47.7 Å². The van der Waals surface area contributed by atoms with Crippen molar-refractivity contribution in [2.75, 3.05) is 77.5 Å². The summed E-state index contributed by atoms with van der Waals surface area (Å²) in [7, 11) is 0. The summed E-state index contributed by atoms with van der Waals surface area (Å²) in [6.07, 6.45) is 13.7. The highest BCUT2D eigenvalue weighted by molar-refractivity contribution is 7.99. The van der Waals surface area contributed by atoms with Crippen LogP contribution in [0.25, 0.3) is 0 Å². The van der Waals surface area contributed by atoms with Crippen LogP contribution in [0.3, 0.4) is 0 Å². The number of hydrogen-bond donors (Lipinski definition) is 4. The molecule has 0 rings (SSSR count). The van der Waals surface area contributed by atoms with E-state index < -0.39 is 23.6 Å². The zero-order valence-corrected chi connectivity index (χ0v) is 33.2. The van der Waals surface area contributed by atoms with Crippen molar-refractivity contribution < 1.29 is 52.8 Å². The molecule has 0 saturated heterocycles. The Morgan fingerprint density at radius 1 is 0.615 bits per heavy atom. The van der Waals surface area contributed by atoms with Crippen molar-refractivity contribution in [2.45, 2.75) is 129 Å². The van der Waals surface area contributed by atoms with Gasteiger partial charge in [-0.1, -0.05) is 58.3 Å². The second-order valence-corrected chi connectivity index (χ2v) is 14.7. The van der Waals surface area contributed by atoms with Crippen molar-refractivity contribution >= 4 is 41.4 Å². The predicted octanol–water partition coefficient (Wildman–Crippen LogP) is 4.41. The first-order valence-corrected chi connectivity index (χ1v) is 20.3. The monoisotopic (exact) mass is 763 g/mol. The van der Waals surface area contributed by atoms with Gasteiger partial charge in [0, 0.05) is 25.9 Å². The van der Waals surface area contributed by atoms with Crippen LogP contribution >= 0.6 is 11.8 Å². The topological polar surface area (TPSA) is 188 Å². The molecule has 0 aromatic rings. The highest BCUT2D eigenvalue weighted by atomic mass is 32.2. The fourth-order valence-corrected chi connectivity index (χ4v) is 5.72. The van der Waals surface area contributed by atoms with Gasteiger partial charge in [-0.05, 0) is 58.0 Å². The molecular weight excluding hydrogens is 694 g/mol. The minimum atomic E-state index is -1.05. The smallest absolute Gasteiger partial charge is 0.329 e. The Bertz CT molecular complexity index is 950. The van der Waals surface area contributed by atoms with E-state index in [2.05, 4.69) is 22.9 Å². The van der Waals surface area contributed by atoms with E-state index in [-0.39, 0.29) is 96.5 Å². The minimum absolute atomic E-state index is 0.0306. The average molecular weight is 764 g/mol. The van der Waals surface area contributed by atoms with Crippen molar-refractivity contribution in [3.63, 3.8) is 0 Å². The molecule has 52 heavy (non-hydrogen) atoms. The van der Waals surface area contributed by atoms with Gasteiger partial charge >= 0.3 is 11.9 Å². The number of carbonyl (C=O) groups is 5. The van der Waals surface area contributed by atoms with E-state index in [9.17, 15) is 24.0 Å². The number of unbranched alkanes of at least 4 members (excludes halogenated alkanes) is 9. The first-order chi connectivity index (χ1) is 24.9. The van der Waals surface area contributed by atoms with E-state index in [1.54, 1.807) is 20.8 Å². The van der Waals surface area contributed by atoms with E-state index >= 15 is 0 Å². The Morgan fingerprint density at radius 3 is 1.71 bits per heavy atom. The molecule has 0 bridgehead atoms. The van der Waals surface area contributed by atoms with E-state index in [1.165, 1.54) is 56.5 Å². The molecule has 0 fully saturated rings. The van der Waals surface area contributed by atoms with Gasteiger partial charge in [0.1, 0.15) is 24.9 Å². The fraction of sp³-hybridized carbons (Fsp3) is 0.865. The summed E-state index contributed by atoms with van der Waals surface area (Å²) in [4.78, 5) is 60.0. The molecule has 0 aliphatic rings. The van der Waals surface area contributed by atoms with Gasteiger partial charge in [0.15, 0.2) is 0 Å². The van der Waals surface area contributed by atoms with Gasteiger partial charge in [-0.15, -0.1) is 0 Å². The highest BCUT2D eigenvalue weighted by Crippen LogP contribution is 2.14. The lowest BCUT2D eigenvalue weighted by molar-refractivity contribution is -0.159. The fourth-order valence-electron chi connectivity index (χ4n) is 4.70. The number of carbonyl (C=O) groups excluding carboxylic acids is 4. The van der Waals surface area contributed by atoms with E-state index in [0.29, 0.717) is 6.42 Å². The normalized spacial score (nSPS) is 11.9. The maximum Gasteiger partial charge on any atom is 0.329 e. The maximum atomic E-state index is 12.8. The Morgan fingerprint density at radius 2 is 1.13 bits per heavy atom. The lowest BCUT2D eigenvalue weighted by atomic mass is 10.1. The molecule has 0 heterocycles. The summed E-state index contributed by atoms with van der Waals surface area (Å²) >= 11 is 2.05. The number of carboxylic acid groups (broad SMARTS) is 1. The molecule has 0 saturated carbocycles. The summed E-state index contributed by atoms with van der Waals surface area (Å²) in [5.74, 6) is 0.0372. The van der Waals surface area contributed by atoms with Crippen LogP contribution in [0.4, 0.5) is 0 Å². The summed E-state index contributed by atoms with van der Waals surface area (Å²) in [5.41, 5.74) is -0.725. The number of nitrogens with one attached hydrogen (secondary N) is 3. The minimum Gasteiger partial charge on any atom is -0.480 e. The highest BCUT2D eigenvalue weighted by Gasteiger charge is 2.27. The Hall–Kier alpha value is -2.46. The first-order valence-electron chi connectivity index (χ1n) is 19.1. The number of aliphatic carboxylic acids is 1. The van der Waals surface area contributed by atoms with Crippen LogP contribution < -0.4 is 16.0 Å². The third-order valence-electron chi connectivity index (χ3n) is 7.36. The van der Waals surface area contributed by atoms with Gasteiger partial charge in [-0.25, -0.2) is 9.59 Å². The van der Waals surface area contributed by atoms with Gasteiger partial charge in [0.2, 0.25) is 17.7 Å². The number of rotatable bonds is 36. The molecule has 1 unspecified atom stereocenters. The van der Waals surface area contributed by atoms with Gasteiger partial charge < -0.3 is 44.7 Å². The number of hydrogen-bond acceptors (Lipinski definition) is 11. The molecule has 4 N–H and O–H groups in total. The number of amides is 3. The van der Waals surface area contributed by atoms with Crippen molar-refractivity contribution in [2.24, 2.45) is 0 Å². The van der Waals surface area contributed by atoms with Crippen molar-refractivity contribution in [3.05, 3.63) is 0 Å². The number of carboxylic acids is 1. The van der Waals surface area contributed by atoms with Crippen LogP contribution in [-0.4, -0.2) is 124 Å². The quantitative estimate of drug-likeness (QED) is 0.0521. The lowest BCUT2D eigenvalue weighted by Gasteiger charge is -2.24. The van der Waals surface area contributed by atoms with Crippen LogP contribution in [0.1, 0.15) is 118 Å². The molecule has 1 atom stereocenters. The summed E-state index contributed by atoms with van der Waals surface area (Å²) in [6, 6.07) is -0.913. The molecule has 0 radical (unpaired) electrons. The molecular formula is C37H69N3O11S. The third kappa shape index (κ3) is 35.9. The molecule has 0 aromatic heterocycles. The summed E-state index contributed by atoms with van der Waals surface area (Å²) in [5, 5.41) is 16.6. The van der Waals surface area contributed by atoms with Gasteiger partial charge in [-0.3, -0.25) is 14.4 Å². The van der Waals surface area contributed by atoms with Gasteiger partial charge in [0.25, 0.3) is 0 Å². The Kier molecular flexibility index (Phi) is 32.7. The number of ether oxygens (including phenoxy) is 5. The largest absolute Gasteiger partial charge is 0.480 e. The predicted molar refractivity (Wildman–Crippen MR) is 202 cm³/mol. The lowest BCUT2D eigenvalue weighted by Crippen LogP contribution is -2.44. The number of thioether (sulfide) groups is 1. The summed E-state index contributed by atoms with van der Waals surface area (Å²) < 4.78 is 26.2. The third-order valence-corrected chi connectivity index (χ3v) is 8.52. The molecule has 14 nitrogen and oxygen atoms in total. The molecule has 3 amide bonds. The number of esters is 1. The second kappa shape index (κ2) is 34.3. The first kappa shape index (κ1) is 49.5. The maximum absolute atomic E-state index is 12.8. The zero-order valence-electron chi connectivity index (χ0n) is 32.4. The van der Waals surface area contributed by atoms with Crippen molar-refractivity contribution in [1.29, 1.82) is 0 Å². The molecule has 15 heteroatoms. The molecule has 0 aliphatic heterocycles. The van der Waals surface area contributed by atoms with Crippen molar-refractivity contribution in [3.8, 4) is 0 Å². The van der Waals surface area contributed by atoms with E-state index in [4.69, 9.17) is 28.8 Å². The Labute approximate surface area is 316 Å². The zero-order chi connectivity index (χ0) is 38.7. The molecule has 0 spiro atoms. The van der Waals surface area contributed by atoms with Crippen LogP contribution in [0.15, 0.2) is 0 Å². The molecule has 0 aromatic carbocycles. The van der Waals surface area contributed by atoms with Crippen LogP contribution in [0.5, 0.6) is 0 Å². The van der Waals surface area contributed by atoms with E-state index in [0.717, 1.165) is 25.7 Å². The van der Waals surface area contributed by atoms with Crippen LogP contribution in [0, 0.1) is 0 Å². The molecule has 304 valence electrons. The van der Waals surface area contributed by atoms with Gasteiger partial charge in [0.05, 0.1) is 39.6 Å². The van der Waals surface area contributed by atoms with Crippen LogP contribution in [0.2, 0.25) is 0 Å². The van der Waals surface area contributed by atoms with Crippen molar-refractivity contribution in [1.82, 2.24) is 16.0 Å². The van der Waals surface area contributed by atoms with Gasteiger partial charge in [-0.2, -0.15) is 11.8 Å². The van der Waals surface area contributed by atoms with E-state index in [1.807, 2.05) is 11.8 Å². The molecule has 0 aliphatic carbocycles.